The van der Waals surface area contributed by atoms with E-state index in [-0.39, 0.29) is 12.1 Å². The van der Waals surface area contributed by atoms with Crippen LogP contribution in [0.15, 0.2) is 66.7 Å². The van der Waals surface area contributed by atoms with Crippen molar-refractivity contribution in [2.75, 3.05) is 19.0 Å². The van der Waals surface area contributed by atoms with Crippen molar-refractivity contribution in [1.82, 2.24) is 9.88 Å². The summed E-state index contributed by atoms with van der Waals surface area (Å²) in [6, 6.07) is 21.2. The predicted octanol–water partition coefficient (Wildman–Crippen LogP) is 6.32. The Morgan fingerprint density at radius 1 is 1.09 bits per heavy atom. The number of aromatic nitrogens is 1. The number of benzene rings is 3. The van der Waals surface area contributed by atoms with Crippen LogP contribution in [0.1, 0.15) is 28.4 Å². The molecule has 1 aliphatic heterocycles. The number of halogens is 1. The molecule has 2 N–H and O–H groups in total. The Morgan fingerprint density at radius 2 is 1.84 bits per heavy atom. The molecule has 5 nitrogen and oxygen atoms in total. The van der Waals surface area contributed by atoms with Crippen LogP contribution in [0.5, 0.6) is 5.75 Å². The summed E-state index contributed by atoms with van der Waals surface area (Å²) < 4.78 is 5.44. The number of H-pyrrole nitrogens is 1. The van der Waals surface area contributed by atoms with Crippen molar-refractivity contribution >= 4 is 34.2 Å². The van der Waals surface area contributed by atoms with Crippen LogP contribution in [0.3, 0.4) is 0 Å². The number of anilines is 1. The lowest BCUT2D eigenvalue weighted by Gasteiger charge is -2.36. The van der Waals surface area contributed by atoms with Gasteiger partial charge in [-0.3, -0.25) is 0 Å². The van der Waals surface area contributed by atoms with Crippen molar-refractivity contribution in [2.24, 2.45) is 0 Å². The highest BCUT2D eigenvalue weighted by Gasteiger charge is 2.34. The minimum absolute atomic E-state index is 0.139. The van der Waals surface area contributed by atoms with Gasteiger partial charge in [-0.05, 0) is 66.9 Å². The summed E-state index contributed by atoms with van der Waals surface area (Å²) in [4.78, 5) is 18.9. The van der Waals surface area contributed by atoms with Crippen LogP contribution in [-0.4, -0.2) is 29.6 Å². The van der Waals surface area contributed by atoms with Crippen LogP contribution >= 0.6 is 11.6 Å². The highest BCUT2D eigenvalue weighted by molar-refractivity contribution is 6.30. The van der Waals surface area contributed by atoms with E-state index in [0.717, 1.165) is 34.3 Å². The lowest BCUT2D eigenvalue weighted by atomic mass is 9.92. The molecule has 0 saturated carbocycles. The fourth-order valence-electron chi connectivity index (χ4n) is 4.44. The molecule has 32 heavy (non-hydrogen) atoms. The Balaban J connectivity index is 1.57. The fraction of sp³-hybridized carbons (Fsp3) is 0.192. The first kappa shape index (κ1) is 20.5. The number of aromatic amines is 1. The lowest BCUT2D eigenvalue weighted by molar-refractivity contribution is 0.193. The molecule has 2 amide bonds. The van der Waals surface area contributed by atoms with E-state index in [1.165, 1.54) is 11.1 Å². The molecule has 0 spiro atoms. The average molecular weight is 446 g/mol. The second-order valence-corrected chi connectivity index (χ2v) is 8.56. The van der Waals surface area contributed by atoms with E-state index in [4.69, 9.17) is 16.3 Å². The number of urea groups is 1. The monoisotopic (exact) mass is 445 g/mol. The molecular weight excluding hydrogens is 422 g/mol. The maximum atomic E-state index is 13.4. The van der Waals surface area contributed by atoms with E-state index in [0.29, 0.717) is 17.3 Å². The van der Waals surface area contributed by atoms with Gasteiger partial charge in [0, 0.05) is 33.9 Å². The van der Waals surface area contributed by atoms with Gasteiger partial charge in [0.05, 0.1) is 13.2 Å². The smallest absolute Gasteiger partial charge is 0.322 e. The van der Waals surface area contributed by atoms with Gasteiger partial charge in [0.1, 0.15) is 5.75 Å². The summed E-state index contributed by atoms with van der Waals surface area (Å²) in [7, 11) is 1.68. The number of nitrogens with one attached hydrogen (secondary N) is 2. The van der Waals surface area contributed by atoms with E-state index < -0.39 is 0 Å². The Morgan fingerprint density at radius 3 is 2.56 bits per heavy atom. The van der Waals surface area contributed by atoms with Crippen LogP contribution in [0.25, 0.3) is 10.9 Å². The first-order chi connectivity index (χ1) is 15.5. The number of carbonyl (C=O) groups is 1. The van der Waals surface area contributed by atoms with Crippen LogP contribution < -0.4 is 10.1 Å². The molecule has 0 aliphatic carbocycles. The quantitative estimate of drug-likeness (QED) is 0.387. The molecule has 1 atom stereocenters. The molecule has 0 bridgehead atoms. The van der Waals surface area contributed by atoms with Crippen molar-refractivity contribution in [3.63, 3.8) is 0 Å². The molecule has 5 rings (SSSR count). The molecule has 0 saturated heterocycles. The third kappa shape index (κ3) is 3.69. The summed E-state index contributed by atoms with van der Waals surface area (Å²) in [6.45, 7) is 2.67. The number of hydrogen-bond donors (Lipinski definition) is 2. The maximum Gasteiger partial charge on any atom is 0.322 e. The number of rotatable bonds is 3. The fourth-order valence-corrected chi connectivity index (χ4v) is 4.56. The van der Waals surface area contributed by atoms with Crippen molar-refractivity contribution in [3.05, 3.63) is 94.1 Å². The average Bonchev–Trinajstić information content (AvgIpc) is 3.18. The van der Waals surface area contributed by atoms with Gasteiger partial charge in [-0.1, -0.05) is 41.4 Å². The second-order valence-electron chi connectivity index (χ2n) is 8.12. The third-order valence-electron chi connectivity index (χ3n) is 6.08. The Bertz CT molecular complexity index is 1280. The summed E-state index contributed by atoms with van der Waals surface area (Å²) in [5, 5.41) is 4.81. The standard InChI is InChI=1S/C26H24ClN3O2/c1-16-3-5-17(6-4-16)25-24-21(22-15-20(32-2)11-12-23(22)29-24)13-14-30(25)26(31)28-19-9-7-18(27)8-10-19/h3-12,15,25,29H,13-14H2,1-2H3,(H,28,31). The zero-order valence-electron chi connectivity index (χ0n) is 18.0. The Kier molecular flexibility index (Phi) is 5.27. The van der Waals surface area contributed by atoms with E-state index in [9.17, 15) is 4.79 Å². The molecular formula is C26H24ClN3O2. The van der Waals surface area contributed by atoms with E-state index >= 15 is 0 Å². The molecule has 6 heteroatoms. The summed E-state index contributed by atoms with van der Waals surface area (Å²) in [6.07, 6.45) is 0.763. The van der Waals surface area contributed by atoms with Crippen LogP contribution in [0.2, 0.25) is 5.02 Å². The second kappa shape index (κ2) is 8.24. The van der Waals surface area contributed by atoms with Crippen molar-refractivity contribution in [3.8, 4) is 5.75 Å². The molecule has 1 unspecified atom stereocenters. The zero-order valence-corrected chi connectivity index (χ0v) is 18.7. The molecule has 4 aromatic rings. The van der Waals surface area contributed by atoms with Gasteiger partial charge in [0.2, 0.25) is 0 Å². The molecule has 1 aliphatic rings. The lowest BCUT2D eigenvalue weighted by Crippen LogP contribution is -2.43. The molecule has 3 aromatic carbocycles. The minimum Gasteiger partial charge on any atom is -0.497 e. The van der Waals surface area contributed by atoms with E-state index in [1.807, 2.05) is 29.2 Å². The normalized spacial score (nSPS) is 15.5. The summed E-state index contributed by atoms with van der Waals surface area (Å²) in [5.74, 6) is 0.828. The number of fused-ring (bicyclic) bond motifs is 3. The summed E-state index contributed by atoms with van der Waals surface area (Å²) in [5.41, 5.74) is 6.31. The summed E-state index contributed by atoms with van der Waals surface area (Å²) >= 11 is 5.99. The predicted molar refractivity (Wildman–Crippen MR) is 129 cm³/mol. The van der Waals surface area contributed by atoms with Gasteiger partial charge in [-0.15, -0.1) is 0 Å². The number of carbonyl (C=O) groups excluding carboxylic acids is 1. The highest BCUT2D eigenvalue weighted by Crippen LogP contribution is 2.39. The van der Waals surface area contributed by atoms with Gasteiger partial charge < -0.3 is 19.9 Å². The van der Waals surface area contributed by atoms with Gasteiger partial charge in [0.25, 0.3) is 0 Å². The number of hydrogen-bond acceptors (Lipinski definition) is 2. The number of aryl methyl sites for hydroxylation is 1. The Hall–Kier alpha value is -3.44. The highest BCUT2D eigenvalue weighted by atomic mass is 35.5. The van der Waals surface area contributed by atoms with Crippen LogP contribution in [0, 0.1) is 6.92 Å². The number of methoxy groups -OCH3 is 1. The van der Waals surface area contributed by atoms with E-state index in [2.05, 4.69) is 47.6 Å². The van der Waals surface area contributed by atoms with Gasteiger partial charge in [-0.25, -0.2) is 4.79 Å². The first-order valence-corrected chi connectivity index (χ1v) is 11.0. The van der Waals surface area contributed by atoms with Crippen molar-refractivity contribution < 1.29 is 9.53 Å². The van der Waals surface area contributed by atoms with Crippen molar-refractivity contribution in [2.45, 2.75) is 19.4 Å². The first-order valence-electron chi connectivity index (χ1n) is 10.6. The number of ether oxygens (including phenoxy) is 1. The zero-order chi connectivity index (χ0) is 22.2. The number of amides is 2. The molecule has 162 valence electrons. The van der Waals surface area contributed by atoms with Crippen molar-refractivity contribution in [1.29, 1.82) is 0 Å². The minimum atomic E-state index is -0.218. The van der Waals surface area contributed by atoms with E-state index in [1.54, 1.807) is 19.2 Å². The van der Waals surface area contributed by atoms with Crippen LogP contribution in [-0.2, 0) is 6.42 Å². The van der Waals surface area contributed by atoms with Crippen LogP contribution in [0.4, 0.5) is 10.5 Å². The largest absolute Gasteiger partial charge is 0.497 e. The van der Waals surface area contributed by atoms with Gasteiger partial charge in [0.15, 0.2) is 0 Å². The number of nitrogens with zero attached hydrogens (tertiary/aromatic N) is 1. The van der Waals surface area contributed by atoms with Gasteiger partial charge in [-0.2, -0.15) is 0 Å². The molecule has 0 radical (unpaired) electrons. The van der Waals surface area contributed by atoms with Gasteiger partial charge >= 0.3 is 6.03 Å². The SMILES string of the molecule is COc1ccc2[nH]c3c(c2c1)CCN(C(=O)Nc1ccc(Cl)cc1)C3c1ccc(C)cc1. The third-order valence-corrected chi connectivity index (χ3v) is 6.34. The molecule has 2 heterocycles. The molecule has 0 fully saturated rings. The molecule has 1 aromatic heterocycles. The maximum absolute atomic E-state index is 13.4. The Labute approximate surface area is 192 Å². The topological polar surface area (TPSA) is 57.4 Å².